The zero-order valence-corrected chi connectivity index (χ0v) is 20.8. The maximum Gasteiger partial charge on any atom is 0.317 e. The summed E-state index contributed by atoms with van der Waals surface area (Å²) >= 11 is 6.26. The fourth-order valence-corrected chi connectivity index (χ4v) is 5.98. The number of anilines is 1. The van der Waals surface area contributed by atoms with Gasteiger partial charge in [0.05, 0.1) is 12.6 Å². The van der Waals surface area contributed by atoms with E-state index in [-0.39, 0.29) is 18.0 Å². The number of nitriles is 1. The molecule has 8 heteroatoms. The van der Waals surface area contributed by atoms with Crippen LogP contribution in [0, 0.1) is 11.3 Å². The molecule has 1 N–H and O–H groups in total. The minimum absolute atomic E-state index is 0.0447. The summed E-state index contributed by atoms with van der Waals surface area (Å²) in [5.74, 6) is 0.0447. The van der Waals surface area contributed by atoms with Crippen LogP contribution in [0.4, 0.5) is 10.5 Å². The Morgan fingerprint density at radius 2 is 1.97 bits per heavy atom. The number of benzene rings is 2. The molecule has 1 saturated heterocycles. The molecule has 0 unspecified atom stereocenters. The van der Waals surface area contributed by atoms with Crippen molar-refractivity contribution in [2.75, 3.05) is 18.0 Å². The van der Waals surface area contributed by atoms with Gasteiger partial charge in [0.1, 0.15) is 5.41 Å². The highest BCUT2D eigenvalue weighted by molar-refractivity contribution is 6.31. The van der Waals surface area contributed by atoms with Crippen LogP contribution >= 0.6 is 11.6 Å². The zero-order chi connectivity index (χ0) is 24.9. The summed E-state index contributed by atoms with van der Waals surface area (Å²) < 4.78 is 2.20. The average Bonchev–Trinajstić information content (AvgIpc) is 3.27. The monoisotopic (exact) mass is 501 g/mol. The highest BCUT2D eigenvalue weighted by atomic mass is 35.5. The second kappa shape index (κ2) is 8.86. The van der Waals surface area contributed by atoms with Crippen LogP contribution in [-0.2, 0) is 23.3 Å². The van der Waals surface area contributed by atoms with Crippen molar-refractivity contribution >= 4 is 40.1 Å². The van der Waals surface area contributed by atoms with Gasteiger partial charge in [0.2, 0.25) is 5.91 Å². The average molecular weight is 502 g/mol. The summed E-state index contributed by atoms with van der Waals surface area (Å²) in [4.78, 5) is 30.3. The SMILES string of the molecule is N#CCCCn1c(CN2C(=O)C3(CN(C(=O)NC4CCC4)C3)c3ccccc32)cc2cc(Cl)ccc21. The minimum atomic E-state index is -0.686. The number of halogens is 1. The standard InChI is InChI=1S/C28H28ClN5O2/c29-20-10-11-24-19(14-20)15-22(33(24)13-4-3-12-30)16-34-25-9-2-1-8-23(25)28(26(34)35)17-32(18-28)27(36)31-21-6-5-7-21/h1-2,8-11,14-15,21H,3-7,13,16-18H2,(H,31,36). The fourth-order valence-electron chi connectivity index (χ4n) is 5.80. The molecule has 184 valence electrons. The van der Waals surface area contributed by atoms with Gasteiger partial charge in [-0.3, -0.25) is 4.79 Å². The highest BCUT2D eigenvalue weighted by Crippen LogP contribution is 2.48. The summed E-state index contributed by atoms with van der Waals surface area (Å²) in [6.07, 6.45) is 4.44. The van der Waals surface area contributed by atoms with Crippen LogP contribution in [0.25, 0.3) is 10.9 Å². The topological polar surface area (TPSA) is 81.4 Å². The van der Waals surface area contributed by atoms with E-state index in [1.54, 1.807) is 4.90 Å². The van der Waals surface area contributed by atoms with Gasteiger partial charge in [-0.05, 0) is 61.6 Å². The number of rotatable bonds is 6. The van der Waals surface area contributed by atoms with Crippen molar-refractivity contribution < 1.29 is 9.59 Å². The van der Waals surface area contributed by atoms with Crippen molar-refractivity contribution in [3.05, 3.63) is 64.8 Å². The van der Waals surface area contributed by atoms with Gasteiger partial charge in [0, 0.05) is 59.4 Å². The van der Waals surface area contributed by atoms with E-state index in [1.165, 1.54) is 0 Å². The maximum absolute atomic E-state index is 14.0. The third kappa shape index (κ3) is 3.63. The first-order chi connectivity index (χ1) is 17.5. The van der Waals surface area contributed by atoms with Gasteiger partial charge >= 0.3 is 6.03 Å². The Hall–Kier alpha value is -3.50. The van der Waals surface area contributed by atoms with Crippen molar-refractivity contribution in [2.24, 2.45) is 0 Å². The predicted octanol–water partition coefficient (Wildman–Crippen LogP) is 4.96. The Morgan fingerprint density at radius 1 is 1.17 bits per heavy atom. The zero-order valence-electron chi connectivity index (χ0n) is 20.0. The predicted molar refractivity (Wildman–Crippen MR) is 139 cm³/mol. The lowest BCUT2D eigenvalue weighted by Crippen LogP contribution is -2.67. The molecule has 2 fully saturated rings. The molecule has 2 aliphatic heterocycles. The number of aromatic nitrogens is 1. The number of fused-ring (bicyclic) bond motifs is 3. The number of unbranched alkanes of at least 4 members (excludes halogenated alkanes) is 1. The first kappa shape index (κ1) is 22.9. The number of urea groups is 1. The smallest absolute Gasteiger partial charge is 0.317 e. The van der Waals surface area contributed by atoms with Gasteiger partial charge in [-0.2, -0.15) is 5.26 Å². The van der Waals surface area contributed by atoms with Gasteiger partial charge in [-0.25, -0.2) is 4.79 Å². The molecule has 0 radical (unpaired) electrons. The van der Waals surface area contributed by atoms with Crippen LogP contribution in [0.5, 0.6) is 0 Å². The van der Waals surface area contributed by atoms with E-state index in [0.29, 0.717) is 37.6 Å². The number of carbonyl (C=O) groups excluding carboxylic acids is 2. The van der Waals surface area contributed by atoms with Crippen LogP contribution in [0.1, 0.15) is 43.4 Å². The molecular weight excluding hydrogens is 474 g/mol. The Morgan fingerprint density at radius 3 is 2.72 bits per heavy atom. The Labute approximate surface area is 215 Å². The molecular formula is C28H28ClN5O2. The molecule has 3 amide bonds. The van der Waals surface area contributed by atoms with E-state index in [0.717, 1.165) is 53.5 Å². The molecule has 2 aromatic carbocycles. The van der Waals surface area contributed by atoms with Crippen molar-refractivity contribution in [3.8, 4) is 6.07 Å². The summed E-state index contributed by atoms with van der Waals surface area (Å²) in [7, 11) is 0. The number of carbonyl (C=O) groups is 2. The second-order valence-corrected chi connectivity index (χ2v) is 10.6. The molecule has 1 aromatic heterocycles. The van der Waals surface area contributed by atoms with Crippen molar-refractivity contribution in [3.63, 3.8) is 0 Å². The molecule has 3 aliphatic rings. The number of nitrogens with one attached hydrogen (secondary N) is 1. The molecule has 0 atom stereocenters. The quantitative estimate of drug-likeness (QED) is 0.485. The summed E-state index contributed by atoms with van der Waals surface area (Å²) in [6, 6.07) is 18.3. The summed E-state index contributed by atoms with van der Waals surface area (Å²) in [5.41, 5.74) is 3.27. The van der Waals surface area contributed by atoms with Crippen molar-refractivity contribution in [2.45, 2.75) is 56.7 Å². The maximum atomic E-state index is 14.0. The molecule has 0 bridgehead atoms. The van der Waals surface area contributed by atoms with Gasteiger partial charge in [-0.1, -0.05) is 29.8 Å². The number of hydrogen-bond acceptors (Lipinski definition) is 3. The van der Waals surface area contributed by atoms with Crippen molar-refractivity contribution in [1.29, 1.82) is 5.26 Å². The van der Waals surface area contributed by atoms with Crippen molar-refractivity contribution in [1.82, 2.24) is 14.8 Å². The Kier molecular flexibility index (Phi) is 5.65. The highest BCUT2D eigenvalue weighted by Gasteiger charge is 2.59. The van der Waals surface area contributed by atoms with E-state index in [2.05, 4.69) is 22.0 Å². The summed E-state index contributed by atoms with van der Waals surface area (Å²) in [6.45, 7) is 1.92. The first-order valence-corrected chi connectivity index (χ1v) is 13.0. The van der Waals surface area contributed by atoms with E-state index in [1.807, 2.05) is 47.4 Å². The van der Waals surface area contributed by atoms with Gasteiger partial charge in [0.25, 0.3) is 0 Å². The minimum Gasteiger partial charge on any atom is -0.343 e. The largest absolute Gasteiger partial charge is 0.343 e. The first-order valence-electron chi connectivity index (χ1n) is 12.6. The Bertz CT molecular complexity index is 1400. The van der Waals surface area contributed by atoms with Crippen LogP contribution in [0.2, 0.25) is 5.02 Å². The molecule has 6 rings (SSSR count). The number of likely N-dealkylation sites (tertiary alicyclic amines) is 1. The van der Waals surface area contributed by atoms with E-state index < -0.39 is 5.41 Å². The molecule has 1 spiro atoms. The second-order valence-electron chi connectivity index (χ2n) is 10.2. The Balaban J connectivity index is 1.29. The summed E-state index contributed by atoms with van der Waals surface area (Å²) in [5, 5.41) is 13.8. The molecule has 1 aliphatic carbocycles. The molecule has 7 nitrogen and oxygen atoms in total. The van der Waals surface area contributed by atoms with Gasteiger partial charge in [0.15, 0.2) is 0 Å². The molecule has 3 heterocycles. The normalized spacial score (nSPS) is 18.2. The van der Waals surface area contributed by atoms with Crippen LogP contribution in [0.3, 0.4) is 0 Å². The number of hydrogen-bond donors (Lipinski definition) is 1. The van der Waals surface area contributed by atoms with E-state index >= 15 is 0 Å². The third-order valence-corrected chi connectivity index (χ3v) is 8.18. The van der Waals surface area contributed by atoms with E-state index in [4.69, 9.17) is 16.9 Å². The van der Waals surface area contributed by atoms with E-state index in [9.17, 15) is 9.59 Å². The molecule has 1 saturated carbocycles. The van der Waals surface area contributed by atoms with Crippen LogP contribution in [0.15, 0.2) is 48.5 Å². The number of amides is 3. The van der Waals surface area contributed by atoms with Crippen LogP contribution < -0.4 is 10.2 Å². The lowest BCUT2D eigenvalue weighted by molar-refractivity contribution is -0.127. The molecule has 36 heavy (non-hydrogen) atoms. The third-order valence-electron chi connectivity index (χ3n) is 7.95. The lowest BCUT2D eigenvalue weighted by Gasteiger charge is -2.47. The van der Waals surface area contributed by atoms with Crippen LogP contribution in [-0.4, -0.2) is 40.5 Å². The molecule has 3 aromatic rings. The number of para-hydroxylation sites is 1. The number of aryl methyl sites for hydroxylation is 1. The van der Waals surface area contributed by atoms with Gasteiger partial charge < -0.3 is 19.7 Å². The van der Waals surface area contributed by atoms with Gasteiger partial charge in [-0.15, -0.1) is 0 Å². The number of nitrogens with zero attached hydrogens (tertiary/aromatic N) is 4. The fraction of sp³-hybridized carbons (Fsp3) is 0.393. The lowest BCUT2D eigenvalue weighted by atomic mass is 9.74.